The Balaban J connectivity index is 1.34. The Bertz CT molecular complexity index is 1310. The Hall–Kier alpha value is -2.58. The van der Waals surface area contributed by atoms with Gasteiger partial charge in [0.05, 0.1) is 35.5 Å². The molecule has 0 aromatic heterocycles. The molecule has 3 atom stereocenters. The van der Waals surface area contributed by atoms with Crippen molar-refractivity contribution in [1.29, 1.82) is 0 Å². The van der Waals surface area contributed by atoms with Crippen molar-refractivity contribution in [2.75, 3.05) is 45.5 Å². The molecule has 1 aromatic rings. The molecule has 250 valence electrons. The zero-order valence-electron chi connectivity index (χ0n) is 26.3. The highest BCUT2D eigenvalue weighted by Gasteiger charge is 2.43. The highest BCUT2D eigenvalue weighted by molar-refractivity contribution is 7.90. The maximum absolute atomic E-state index is 14.1. The number of nitrogens with zero attached hydrogens (tertiary/aromatic N) is 3. The molecule has 3 heterocycles. The van der Waals surface area contributed by atoms with Gasteiger partial charge in [0.15, 0.2) is 9.84 Å². The quantitative estimate of drug-likeness (QED) is 0.363. The number of nitrogens with one attached hydrogen (secondary N) is 2. The summed E-state index contributed by atoms with van der Waals surface area (Å²) in [5, 5.41) is 27.1. The fraction of sp³-hybridized carbons (Fsp3) is 0.719. The number of piperazine rings is 1. The fourth-order valence-electron chi connectivity index (χ4n) is 7.49. The molecule has 12 nitrogen and oxygen atoms in total. The van der Waals surface area contributed by atoms with Gasteiger partial charge in [-0.05, 0) is 56.2 Å². The second-order valence-electron chi connectivity index (χ2n) is 13.6. The van der Waals surface area contributed by atoms with Gasteiger partial charge in [-0.1, -0.05) is 25.0 Å². The van der Waals surface area contributed by atoms with Gasteiger partial charge >= 0.3 is 0 Å². The first-order valence-corrected chi connectivity index (χ1v) is 18.3. The van der Waals surface area contributed by atoms with Crippen LogP contribution in [-0.2, 0) is 30.8 Å². The van der Waals surface area contributed by atoms with Crippen molar-refractivity contribution in [3.8, 4) is 0 Å². The number of piperidine rings is 1. The first kappa shape index (κ1) is 33.8. The number of hydrogen-bond acceptors (Lipinski definition) is 9. The van der Waals surface area contributed by atoms with Crippen molar-refractivity contribution in [2.45, 2.75) is 105 Å². The van der Waals surface area contributed by atoms with E-state index in [1.54, 1.807) is 29.2 Å². The summed E-state index contributed by atoms with van der Waals surface area (Å²) in [6, 6.07) is 6.48. The van der Waals surface area contributed by atoms with Crippen molar-refractivity contribution in [3.05, 3.63) is 29.8 Å². The van der Waals surface area contributed by atoms with E-state index in [1.165, 1.54) is 31.9 Å². The first-order valence-electron chi connectivity index (χ1n) is 16.4. The zero-order valence-corrected chi connectivity index (χ0v) is 27.1. The SMILES string of the molecule is CS(=O)(=O)c1ccc(CN2CCN3C(=O)CC4(CCN(C5CCCC5)CC4)NC(=O)C[C@H](O)C[C@H](O)CCNC(=O)[C@@H]3C2)cc1. The molecule has 5 rings (SSSR count). The average Bonchev–Trinajstić information content (AvgIpc) is 3.51. The van der Waals surface area contributed by atoms with Gasteiger partial charge in [0.1, 0.15) is 6.04 Å². The third kappa shape index (κ3) is 8.82. The second kappa shape index (κ2) is 14.5. The van der Waals surface area contributed by atoms with E-state index in [-0.39, 0.29) is 54.8 Å². The number of benzene rings is 1. The van der Waals surface area contributed by atoms with E-state index >= 15 is 0 Å². The van der Waals surface area contributed by atoms with Crippen LogP contribution >= 0.6 is 0 Å². The molecule has 3 saturated heterocycles. The Labute approximate surface area is 266 Å². The summed E-state index contributed by atoms with van der Waals surface area (Å²) in [7, 11) is -3.31. The number of hydrogen-bond donors (Lipinski definition) is 4. The molecule has 1 aliphatic carbocycles. The Kier molecular flexibility index (Phi) is 10.8. The zero-order chi connectivity index (χ0) is 32.2. The van der Waals surface area contributed by atoms with Crippen molar-refractivity contribution >= 4 is 27.6 Å². The fourth-order valence-corrected chi connectivity index (χ4v) is 8.12. The number of fused-ring (bicyclic) bond motifs is 1. The number of aliphatic hydroxyl groups is 2. The van der Waals surface area contributed by atoms with Crippen LogP contribution < -0.4 is 10.6 Å². The van der Waals surface area contributed by atoms with E-state index in [0.29, 0.717) is 45.1 Å². The van der Waals surface area contributed by atoms with Crippen LogP contribution in [0.4, 0.5) is 0 Å². The molecule has 13 heteroatoms. The lowest BCUT2D eigenvalue weighted by Crippen LogP contribution is -2.63. The van der Waals surface area contributed by atoms with Gasteiger partial charge in [0, 0.05) is 58.1 Å². The number of carbonyl (C=O) groups excluding carboxylic acids is 3. The molecule has 45 heavy (non-hydrogen) atoms. The van der Waals surface area contributed by atoms with Crippen molar-refractivity contribution < 1.29 is 33.0 Å². The Morgan fingerprint density at radius 3 is 2.29 bits per heavy atom. The van der Waals surface area contributed by atoms with Crippen LogP contribution in [0.2, 0.25) is 0 Å². The van der Waals surface area contributed by atoms with E-state index in [4.69, 9.17) is 0 Å². The highest BCUT2D eigenvalue weighted by Crippen LogP contribution is 2.33. The molecule has 4 aliphatic rings. The summed E-state index contributed by atoms with van der Waals surface area (Å²) in [5.74, 6) is -0.821. The minimum absolute atomic E-state index is 0.0200. The number of amides is 3. The van der Waals surface area contributed by atoms with E-state index < -0.39 is 33.6 Å². The summed E-state index contributed by atoms with van der Waals surface area (Å²) >= 11 is 0. The molecule has 1 aromatic carbocycles. The van der Waals surface area contributed by atoms with Gasteiger partial charge in [-0.3, -0.25) is 19.3 Å². The Morgan fingerprint density at radius 1 is 0.933 bits per heavy atom. The van der Waals surface area contributed by atoms with Crippen molar-refractivity contribution in [3.63, 3.8) is 0 Å². The van der Waals surface area contributed by atoms with Crippen LogP contribution in [0.15, 0.2) is 29.2 Å². The molecule has 0 unspecified atom stereocenters. The van der Waals surface area contributed by atoms with Crippen molar-refractivity contribution in [2.24, 2.45) is 0 Å². The third-order valence-electron chi connectivity index (χ3n) is 10.1. The largest absolute Gasteiger partial charge is 0.393 e. The molecule has 3 aliphatic heterocycles. The molecule has 3 amide bonds. The lowest BCUT2D eigenvalue weighted by atomic mass is 9.82. The molecule has 1 spiro atoms. The summed E-state index contributed by atoms with van der Waals surface area (Å²) in [5.41, 5.74) is 0.124. The minimum atomic E-state index is -3.31. The van der Waals surface area contributed by atoms with Crippen LogP contribution in [0.25, 0.3) is 0 Å². The summed E-state index contributed by atoms with van der Waals surface area (Å²) < 4.78 is 23.7. The number of likely N-dealkylation sites (tertiary alicyclic amines) is 1. The van der Waals surface area contributed by atoms with Crippen LogP contribution in [0.3, 0.4) is 0 Å². The van der Waals surface area contributed by atoms with E-state index in [1.807, 2.05) is 0 Å². The van der Waals surface area contributed by atoms with E-state index in [9.17, 15) is 33.0 Å². The predicted octanol–water partition coefficient (Wildman–Crippen LogP) is 0.408. The van der Waals surface area contributed by atoms with Crippen molar-refractivity contribution in [1.82, 2.24) is 25.3 Å². The molecular weight excluding hydrogens is 598 g/mol. The lowest BCUT2D eigenvalue weighted by Gasteiger charge is -2.46. The Morgan fingerprint density at radius 2 is 1.62 bits per heavy atom. The van der Waals surface area contributed by atoms with Gasteiger partial charge < -0.3 is 30.6 Å². The van der Waals surface area contributed by atoms with Gasteiger partial charge in [-0.25, -0.2) is 8.42 Å². The monoisotopic (exact) mass is 647 g/mol. The van der Waals surface area contributed by atoms with E-state index in [2.05, 4.69) is 20.4 Å². The van der Waals surface area contributed by atoms with Crippen LogP contribution in [-0.4, -0.2) is 126 Å². The molecule has 0 radical (unpaired) electrons. The van der Waals surface area contributed by atoms with Gasteiger partial charge in [0.25, 0.3) is 0 Å². The smallest absolute Gasteiger partial charge is 0.244 e. The molecule has 0 bridgehead atoms. The van der Waals surface area contributed by atoms with Crippen LogP contribution in [0.1, 0.15) is 69.8 Å². The second-order valence-corrected chi connectivity index (χ2v) is 15.6. The number of sulfone groups is 1. The molecule has 4 fully saturated rings. The topological polar surface area (TPSA) is 160 Å². The van der Waals surface area contributed by atoms with Gasteiger partial charge in [-0.15, -0.1) is 0 Å². The lowest BCUT2D eigenvalue weighted by molar-refractivity contribution is -0.146. The first-order chi connectivity index (χ1) is 21.4. The minimum Gasteiger partial charge on any atom is -0.393 e. The van der Waals surface area contributed by atoms with Crippen LogP contribution in [0, 0.1) is 0 Å². The maximum atomic E-state index is 14.1. The molecular formula is C32H49N5O7S. The highest BCUT2D eigenvalue weighted by atomic mass is 32.2. The summed E-state index contributed by atoms with van der Waals surface area (Å²) in [4.78, 5) is 47.3. The summed E-state index contributed by atoms with van der Waals surface area (Å²) in [6.45, 7) is 3.36. The number of rotatable bonds is 4. The maximum Gasteiger partial charge on any atom is 0.244 e. The van der Waals surface area contributed by atoms with Gasteiger partial charge in [-0.2, -0.15) is 0 Å². The van der Waals surface area contributed by atoms with Crippen LogP contribution in [0.5, 0.6) is 0 Å². The standard InChI is InChI=1S/C32H49N5O7S/c1-45(43,44)27-8-6-23(7-9-27)21-35-16-17-37-28(22-35)31(42)33-13-10-25(38)18-26(39)19-29(40)34-32(20-30(37)41)11-14-36(15-12-32)24-4-2-3-5-24/h6-9,24-26,28,38-39H,2-5,10-22H2,1H3,(H,33,42)(H,34,40)/t25-,26-,28+/m1/s1. The van der Waals surface area contributed by atoms with Gasteiger partial charge in [0.2, 0.25) is 17.7 Å². The normalized spacial score (nSPS) is 28.6. The molecule has 1 saturated carbocycles. The third-order valence-corrected chi connectivity index (χ3v) is 11.2. The summed E-state index contributed by atoms with van der Waals surface area (Å²) in [6.07, 6.45) is 5.43. The number of carbonyl (C=O) groups is 3. The number of aliphatic hydroxyl groups excluding tert-OH is 2. The van der Waals surface area contributed by atoms with E-state index in [0.717, 1.165) is 18.7 Å². The average molecular weight is 648 g/mol. The predicted molar refractivity (Wildman–Crippen MR) is 168 cm³/mol. The molecule has 4 N–H and O–H groups in total.